The Morgan fingerprint density at radius 2 is 2.00 bits per heavy atom. The number of nitrogens with zero attached hydrogens (tertiary/aromatic N) is 4. The predicted molar refractivity (Wildman–Crippen MR) is 146 cm³/mol. The van der Waals surface area contributed by atoms with Crippen molar-refractivity contribution < 1.29 is 18.7 Å². The van der Waals surface area contributed by atoms with Gasteiger partial charge in [0.15, 0.2) is 6.61 Å². The predicted octanol–water partition coefficient (Wildman–Crippen LogP) is 5.02. The summed E-state index contributed by atoms with van der Waals surface area (Å²) in [7, 11) is 1.77. The molecule has 3 atom stereocenters. The molecule has 1 saturated carbocycles. The van der Waals surface area contributed by atoms with Crippen LogP contribution < -0.4 is 4.90 Å². The number of hydrogen-bond acceptors (Lipinski definition) is 5. The van der Waals surface area contributed by atoms with E-state index in [0.29, 0.717) is 35.4 Å². The summed E-state index contributed by atoms with van der Waals surface area (Å²) >= 11 is 5.90. The lowest BCUT2D eigenvalue weighted by molar-refractivity contribution is -0.131. The summed E-state index contributed by atoms with van der Waals surface area (Å²) in [5.74, 6) is 3.21. The highest BCUT2D eigenvalue weighted by molar-refractivity contribution is 6.30. The van der Waals surface area contributed by atoms with Gasteiger partial charge in [-0.1, -0.05) is 11.6 Å². The number of ether oxygens (including phenoxy) is 2. The molecule has 1 unspecified atom stereocenters. The first kappa shape index (κ1) is 27.1. The van der Waals surface area contributed by atoms with E-state index in [1.54, 1.807) is 30.4 Å². The summed E-state index contributed by atoms with van der Waals surface area (Å²) in [6.45, 7) is 4.00. The van der Waals surface area contributed by atoms with Crippen LogP contribution >= 0.6 is 11.6 Å². The second kappa shape index (κ2) is 12.6. The van der Waals surface area contributed by atoms with Crippen molar-refractivity contribution >= 4 is 23.5 Å². The van der Waals surface area contributed by atoms with Crippen LogP contribution in [-0.2, 0) is 16.0 Å². The molecule has 2 aromatic rings. The summed E-state index contributed by atoms with van der Waals surface area (Å²) in [6, 6.07) is 5.00. The Balaban J connectivity index is 1.00. The maximum atomic E-state index is 14.7. The number of amides is 1. The number of hydrogen-bond donors (Lipinski definition) is 0. The molecule has 1 aliphatic carbocycles. The number of carbonyl (C=O) groups excluding carboxylic acids is 1. The molecule has 9 heteroatoms. The molecule has 3 aliphatic rings. The van der Waals surface area contributed by atoms with Crippen LogP contribution in [0.4, 0.5) is 10.3 Å². The number of rotatable bonds is 10. The van der Waals surface area contributed by atoms with Gasteiger partial charge >= 0.3 is 0 Å². The molecule has 2 aliphatic heterocycles. The largest absolute Gasteiger partial charge is 0.583 e. The Kier molecular flexibility index (Phi) is 9.00. The Morgan fingerprint density at radius 3 is 2.71 bits per heavy atom. The van der Waals surface area contributed by atoms with Crippen molar-refractivity contribution in [1.29, 1.82) is 0 Å². The number of carbonyl (C=O) groups is 1. The Bertz CT molecular complexity index is 1070. The van der Waals surface area contributed by atoms with E-state index in [2.05, 4.69) is 19.6 Å². The first-order valence-electron chi connectivity index (χ1n) is 14.0. The molecule has 0 spiro atoms. The minimum Gasteiger partial charge on any atom is -0.583 e. The van der Waals surface area contributed by atoms with Crippen molar-refractivity contribution in [2.24, 2.45) is 17.8 Å². The second-order valence-corrected chi connectivity index (χ2v) is 11.5. The van der Waals surface area contributed by atoms with Gasteiger partial charge in [0.1, 0.15) is 5.82 Å². The molecule has 0 bridgehead atoms. The fourth-order valence-corrected chi connectivity index (χ4v) is 6.07. The van der Waals surface area contributed by atoms with Crippen LogP contribution in [0.1, 0.15) is 50.5 Å². The normalized spacial score (nSPS) is 23.8. The van der Waals surface area contributed by atoms with E-state index in [0.717, 1.165) is 63.2 Å². The van der Waals surface area contributed by atoms with Gasteiger partial charge in [-0.2, -0.15) is 0 Å². The van der Waals surface area contributed by atoms with Gasteiger partial charge in [-0.25, -0.2) is 14.4 Å². The summed E-state index contributed by atoms with van der Waals surface area (Å²) in [4.78, 5) is 25.2. The zero-order chi connectivity index (χ0) is 26.5. The fraction of sp³-hybridized carbons (Fsp3) is 0.621. The first-order chi connectivity index (χ1) is 18.5. The van der Waals surface area contributed by atoms with Gasteiger partial charge in [-0.15, -0.1) is 0 Å². The van der Waals surface area contributed by atoms with Crippen molar-refractivity contribution in [1.82, 2.24) is 14.9 Å². The fourth-order valence-electron chi connectivity index (χ4n) is 5.97. The zero-order valence-corrected chi connectivity index (χ0v) is 23.0. The van der Waals surface area contributed by atoms with Crippen LogP contribution in [0.25, 0.3) is 0 Å². The molecule has 7 nitrogen and oxygen atoms in total. The highest BCUT2D eigenvalue weighted by Crippen LogP contribution is 2.50. The van der Waals surface area contributed by atoms with Gasteiger partial charge in [0.2, 0.25) is 11.9 Å². The summed E-state index contributed by atoms with van der Waals surface area (Å²) in [6.07, 6.45) is 11.3. The summed E-state index contributed by atoms with van der Waals surface area (Å²) in [5.41, 5.74) is 0.419. The van der Waals surface area contributed by atoms with Gasteiger partial charge < -0.3 is 19.3 Å². The summed E-state index contributed by atoms with van der Waals surface area (Å²) < 4.78 is 25.1. The van der Waals surface area contributed by atoms with Crippen LogP contribution in [0.5, 0.6) is 5.75 Å². The van der Waals surface area contributed by atoms with Gasteiger partial charge in [0.05, 0.1) is 36.0 Å². The van der Waals surface area contributed by atoms with Crippen molar-refractivity contribution in [3.05, 3.63) is 47.0 Å². The number of aromatic nitrogens is 2. The highest BCUT2D eigenvalue weighted by Gasteiger charge is 2.43. The van der Waals surface area contributed by atoms with E-state index in [1.807, 2.05) is 6.07 Å². The number of halogens is 2. The van der Waals surface area contributed by atoms with Crippen LogP contribution in [0.15, 0.2) is 30.6 Å². The van der Waals surface area contributed by atoms with Crippen molar-refractivity contribution in [2.75, 3.05) is 44.8 Å². The quantitative estimate of drug-likeness (QED) is 0.392. The average Bonchev–Trinajstić information content (AvgIpc) is 3.71. The molecular formula is C29H39ClFN4O3+. The molecule has 5 rings (SSSR count). The number of benzene rings is 1. The monoisotopic (exact) mass is 545 g/mol. The maximum absolute atomic E-state index is 14.7. The molecule has 1 amide bonds. The Morgan fingerprint density at radius 1 is 1.21 bits per heavy atom. The molecule has 1 aromatic carbocycles. The van der Waals surface area contributed by atoms with Gasteiger partial charge in [0, 0.05) is 45.8 Å². The van der Waals surface area contributed by atoms with Gasteiger partial charge in [-0.3, -0.25) is 4.79 Å². The molecule has 1 aromatic heterocycles. The minimum absolute atomic E-state index is 0.0576. The van der Waals surface area contributed by atoms with Crippen LogP contribution in [0.3, 0.4) is 0 Å². The van der Waals surface area contributed by atoms with Crippen molar-refractivity contribution in [3.8, 4) is 5.75 Å². The molecule has 206 valence electrons. The SMILES string of the molecule is CN(CC1CCCCO1)C(=O)Cc1ccc([OH+]CC[C@@H]2C[C@@H]2C2CCN(c3ncc(Cl)cn3)CC2)cc1F. The summed E-state index contributed by atoms with van der Waals surface area (Å²) in [5, 5.41) is 0.562. The van der Waals surface area contributed by atoms with Gasteiger partial charge in [-0.05, 0) is 67.9 Å². The van der Waals surface area contributed by atoms with E-state index in [1.165, 1.54) is 25.3 Å². The van der Waals surface area contributed by atoms with Gasteiger partial charge in [0.25, 0.3) is 5.75 Å². The molecule has 38 heavy (non-hydrogen) atoms. The third kappa shape index (κ3) is 7.14. The number of aliphatic hydroxyl groups is 1. The number of anilines is 1. The zero-order valence-electron chi connectivity index (χ0n) is 22.2. The number of piperidine rings is 1. The second-order valence-electron chi connectivity index (χ2n) is 11.1. The Hall–Kier alpha value is -2.45. The van der Waals surface area contributed by atoms with E-state index in [-0.39, 0.29) is 24.2 Å². The number of aromatic hydroxyl groups is 1. The third-order valence-electron chi connectivity index (χ3n) is 8.36. The van der Waals surface area contributed by atoms with E-state index < -0.39 is 0 Å². The minimum atomic E-state index is -0.359. The lowest BCUT2D eigenvalue weighted by Crippen LogP contribution is -2.37. The smallest absolute Gasteiger partial charge is 0.257 e. The van der Waals surface area contributed by atoms with Crippen molar-refractivity contribution in [2.45, 2.75) is 57.5 Å². The van der Waals surface area contributed by atoms with E-state index >= 15 is 0 Å². The molecular weight excluding hydrogens is 507 g/mol. The van der Waals surface area contributed by atoms with Crippen molar-refractivity contribution in [3.63, 3.8) is 0 Å². The van der Waals surface area contributed by atoms with E-state index in [4.69, 9.17) is 16.3 Å². The van der Waals surface area contributed by atoms with Crippen LogP contribution in [0, 0.1) is 23.6 Å². The van der Waals surface area contributed by atoms with E-state index in [9.17, 15) is 9.18 Å². The topological polar surface area (TPSA) is 71.4 Å². The Labute approximate surface area is 229 Å². The van der Waals surface area contributed by atoms with Crippen LogP contribution in [-0.4, -0.2) is 71.5 Å². The molecule has 1 N–H and O–H groups in total. The maximum Gasteiger partial charge on any atom is 0.257 e. The lowest BCUT2D eigenvalue weighted by atomic mass is 9.90. The molecule has 0 radical (unpaired) electrons. The highest BCUT2D eigenvalue weighted by atomic mass is 35.5. The van der Waals surface area contributed by atoms with Crippen LogP contribution in [0.2, 0.25) is 5.02 Å². The molecule has 2 saturated heterocycles. The first-order valence-corrected chi connectivity index (χ1v) is 14.4. The third-order valence-corrected chi connectivity index (χ3v) is 8.56. The standard InChI is InChI=1S/C29H38ClFN4O3/c1-34(19-25-4-2-3-12-37-25)28(36)15-22-5-6-24(16-27(22)31)38-13-9-21-14-26(21)20-7-10-35(11-8-20)29-32-17-23(30)18-33-29/h5-6,16-18,20-21,25-26H,2-4,7-15,19H2,1H3/p+1/t21-,25?,26-/m1/s1. The number of likely N-dealkylation sites (N-methyl/N-ethyl adjacent to an activating group) is 1. The lowest BCUT2D eigenvalue weighted by Gasteiger charge is -2.32. The molecule has 3 fully saturated rings. The average molecular weight is 546 g/mol. The molecule has 3 heterocycles.